The summed E-state index contributed by atoms with van der Waals surface area (Å²) in [7, 11) is 1.37. The molecule has 3 aromatic carbocycles. The third kappa shape index (κ3) is 5.12. The maximum atomic E-state index is 11.7. The summed E-state index contributed by atoms with van der Waals surface area (Å²) in [6, 6.07) is 20.7. The number of ether oxygens (including phenoxy) is 2. The Hall–Kier alpha value is -4.33. The van der Waals surface area contributed by atoms with Gasteiger partial charge in [0.05, 0.1) is 19.2 Å². The molecule has 1 N–H and O–H groups in total. The highest BCUT2D eigenvalue weighted by atomic mass is 16.5. The van der Waals surface area contributed by atoms with Crippen LogP contribution in [0, 0.1) is 6.92 Å². The molecule has 0 unspecified atom stereocenters. The van der Waals surface area contributed by atoms with Crippen molar-refractivity contribution in [3.63, 3.8) is 0 Å². The van der Waals surface area contributed by atoms with Crippen LogP contribution in [-0.2, 0) is 17.9 Å². The van der Waals surface area contributed by atoms with Crippen LogP contribution < -0.4 is 16.2 Å². The van der Waals surface area contributed by atoms with E-state index in [-0.39, 0.29) is 12.5 Å². The average molecular weight is 446 g/mol. The molecule has 0 aliphatic carbocycles. The molecule has 4 rings (SSSR count). The van der Waals surface area contributed by atoms with E-state index in [9.17, 15) is 14.4 Å². The standard InChI is InChI=1S/C25H22N2O6/c1-16-12-20(23(28)31-2)8-11-22(16)19-5-3-4-18(13-19)15-32-21-9-6-17(7-10-21)14-27-24(29)26-25(30)33-27/h3-13H,14-15H2,1-2H3,(H,26,29,30). The first-order chi connectivity index (χ1) is 15.9. The Kier molecular flexibility index (Phi) is 6.26. The summed E-state index contributed by atoms with van der Waals surface area (Å²) in [6.07, 6.45) is 0. The molecule has 8 heteroatoms. The summed E-state index contributed by atoms with van der Waals surface area (Å²) in [5.41, 5.74) is 4.75. The minimum absolute atomic E-state index is 0.147. The molecule has 1 heterocycles. The number of methoxy groups -OCH3 is 1. The lowest BCUT2D eigenvalue weighted by molar-refractivity contribution is 0.0600. The zero-order valence-electron chi connectivity index (χ0n) is 18.2. The second-order valence-electron chi connectivity index (χ2n) is 7.50. The van der Waals surface area contributed by atoms with E-state index in [0.29, 0.717) is 17.9 Å². The third-order valence-electron chi connectivity index (χ3n) is 5.17. The van der Waals surface area contributed by atoms with E-state index in [4.69, 9.17) is 14.0 Å². The number of hydrogen-bond donors (Lipinski definition) is 1. The number of rotatable bonds is 7. The number of nitrogens with zero attached hydrogens (tertiary/aromatic N) is 1. The Balaban J connectivity index is 1.43. The van der Waals surface area contributed by atoms with Gasteiger partial charge in [-0.15, -0.1) is 4.74 Å². The summed E-state index contributed by atoms with van der Waals surface area (Å²) in [6.45, 7) is 2.48. The summed E-state index contributed by atoms with van der Waals surface area (Å²) in [5.74, 6) is -0.468. The van der Waals surface area contributed by atoms with Crippen molar-refractivity contribution in [2.75, 3.05) is 7.11 Å². The summed E-state index contributed by atoms with van der Waals surface area (Å²) in [5, 5.41) is 0. The smallest absolute Gasteiger partial charge is 0.440 e. The minimum Gasteiger partial charge on any atom is -0.489 e. The lowest BCUT2D eigenvalue weighted by Crippen LogP contribution is -2.17. The number of hydrogen-bond acceptors (Lipinski definition) is 6. The summed E-state index contributed by atoms with van der Waals surface area (Å²) < 4.78 is 16.4. The van der Waals surface area contributed by atoms with Gasteiger partial charge in [0.15, 0.2) is 0 Å². The van der Waals surface area contributed by atoms with Gasteiger partial charge in [0.1, 0.15) is 12.4 Å². The molecule has 33 heavy (non-hydrogen) atoms. The summed E-state index contributed by atoms with van der Waals surface area (Å²) >= 11 is 0. The van der Waals surface area contributed by atoms with Crippen molar-refractivity contribution in [3.8, 4) is 16.9 Å². The molecule has 0 saturated heterocycles. The monoisotopic (exact) mass is 446 g/mol. The molecule has 8 nitrogen and oxygen atoms in total. The highest BCUT2D eigenvalue weighted by Gasteiger charge is 2.10. The van der Waals surface area contributed by atoms with Crippen LogP contribution in [0.1, 0.15) is 27.0 Å². The van der Waals surface area contributed by atoms with E-state index in [1.54, 1.807) is 30.3 Å². The number of aromatic nitrogens is 2. The number of H-pyrrole nitrogens is 1. The van der Waals surface area contributed by atoms with Gasteiger partial charge in [-0.1, -0.05) is 36.4 Å². The van der Waals surface area contributed by atoms with Gasteiger partial charge in [-0.2, -0.15) is 0 Å². The lowest BCUT2D eigenvalue weighted by atomic mass is 9.97. The zero-order valence-corrected chi connectivity index (χ0v) is 18.2. The van der Waals surface area contributed by atoms with E-state index in [2.05, 4.69) is 6.07 Å². The molecule has 0 radical (unpaired) electrons. The predicted octanol–water partition coefficient (Wildman–Crippen LogP) is 3.52. The van der Waals surface area contributed by atoms with Gasteiger partial charge in [0, 0.05) is 0 Å². The third-order valence-corrected chi connectivity index (χ3v) is 5.17. The van der Waals surface area contributed by atoms with Gasteiger partial charge in [0.25, 0.3) is 0 Å². The molecule has 0 aliphatic heterocycles. The van der Waals surface area contributed by atoms with Crippen LogP contribution in [0.5, 0.6) is 5.75 Å². The Morgan fingerprint density at radius 2 is 1.79 bits per heavy atom. The first-order valence-electron chi connectivity index (χ1n) is 10.2. The molecule has 0 saturated carbocycles. The van der Waals surface area contributed by atoms with E-state index >= 15 is 0 Å². The van der Waals surface area contributed by atoms with Crippen molar-refractivity contribution in [2.24, 2.45) is 0 Å². The Labute approximate surface area is 189 Å². The Morgan fingerprint density at radius 3 is 2.45 bits per heavy atom. The minimum atomic E-state index is -0.781. The molecule has 0 aliphatic rings. The average Bonchev–Trinajstić information content (AvgIpc) is 3.14. The fourth-order valence-corrected chi connectivity index (χ4v) is 3.50. The molecule has 0 bridgehead atoms. The number of esters is 1. The van der Waals surface area contributed by atoms with Crippen LogP contribution >= 0.6 is 0 Å². The summed E-state index contributed by atoms with van der Waals surface area (Å²) in [4.78, 5) is 36.4. The predicted molar refractivity (Wildman–Crippen MR) is 121 cm³/mol. The largest absolute Gasteiger partial charge is 0.489 e. The molecule has 168 valence electrons. The van der Waals surface area contributed by atoms with Gasteiger partial charge < -0.3 is 14.0 Å². The van der Waals surface area contributed by atoms with Crippen molar-refractivity contribution in [3.05, 3.63) is 110 Å². The second-order valence-corrected chi connectivity index (χ2v) is 7.50. The fraction of sp³-hybridized carbons (Fsp3) is 0.160. The Morgan fingerprint density at radius 1 is 1.00 bits per heavy atom. The van der Waals surface area contributed by atoms with Gasteiger partial charge in [-0.05, 0) is 65.1 Å². The van der Waals surface area contributed by atoms with Gasteiger partial charge in [0.2, 0.25) is 0 Å². The molecule has 0 atom stereocenters. The van der Waals surface area contributed by atoms with Crippen LogP contribution in [0.25, 0.3) is 11.1 Å². The number of aromatic amines is 1. The van der Waals surface area contributed by atoms with Crippen LogP contribution in [-0.4, -0.2) is 22.8 Å². The number of nitrogens with one attached hydrogen (secondary N) is 1. The quantitative estimate of drug-likeness (QED) is 0.436. The van der Waals surface area contributed by atoms with Crippen LogP contribution in [0.4, 0.5) is 0 Å². The number of benzene rings is 3. The van der Waals surface area contributed by atoms with Crippen molar-refractivity contribution in [2.45, 2.75) is 20.1 Å². The first kappa shape index (κ1) is 21.9. The van der Waals surface area contributed by atoms with Crippen LogP contribution in [0.3, 0.4) is 0 Å². The molecule has 1 aromatic heterocycles. The lowest BCUT2D eigenvalue weighted by Gasteiger charge is -2.11. The van der Waals surface area contributed by atoms with Crippen molar-refractivity contribution >= 4 is 5.97 Å². The molecule has 0 fully saturated rings. The van der Waals surface area contributed by atoms with E-state index in [1.165, 1.54) is 7.11 Å². The van der Waals surface area contributed by atoms with Crippen LogP contribution in [0.15, 0.2) is 80.8 Å². The first-order valence-corrected chi connectivity index (χ1v) is 10.2. The molecular weight excluding hydrogens is 424 g/mol. The van der Waals surface area contributed by atoms with E-state index in [0.717, 1.165) is 32.6 Å². The van der Waals surface area contributed by atoms with Crippen molar-refractivity contribution in [1.29, 1.82) is 0 Å². The SMILES string of the molecule is COC(=O)c1ccc(-c2cccc(COc3ccc(Cn4oc(=O)[nH]c4=O)cc3)c2)c(C)c1. The van der Waals surface area contributed by atoms with Gasteiger partial charge in [-0.3, -0.25) is 0 Å². The van der Waals surface area contributed by atoms with Crippen molar-refractivity contribution < 1.29 is 18.8 Å². The maximum Gasteiger partial charge on any atom is 0.440 e. The molecule has 0 amide bonds. The molecule has 4 aromatic rings. The van der Waals surface area contributed by atoms with Crippen LogP contribution in [0.2, 0.25) is 0 Å². The van der Waals surface area contributed by atoms with Crippen molar-refractivity contribution in [1.82, 2.24) is 9.72 Å². The van der Waals surface area contributed by atoms with Gasteiger partial charge >= 0.3 is 17.4 Å². The zero-order chi connectivity index (χ0) is 23.4. The normalized spacial score (nSPS) is 10.7. The highest BCUT2D eigenvalue weighted by molar-refractivity contribution is 5.90. The highest BCUT2D eigenvalue weighted by Crippen LogP contribution is 2.26. The van der Waals surface area contributed by atoms with Gasteiger partial charge in [-0.25, -0.2) is 19.4 Å². The maximum absolute atomic E-state index is 11.7. The van der Waals surface area contributed by atoms with E-state index in [1.807, 2.05) is 42.2 Å². The fourth-order valence-electron chi connectivity index (χ4n) is 3.50. The topological polar surface area (TPSA) is 104 Å². The number of carbonyl (C=O) groups excluding carboxylic acids is 1. The molecular formula is C25H22N2O6. The van der Waals surface area contributed by atoms with E-state index < -0.39 is 11.4 Å². The Bertz CT molecular complexity index is 1400. The number of carbonyl (C=O) groups is 1. The second kappa shape index (κ2) is 9.44. The molecule has 0 spiro atoms. The number of aryl methyl sites for hydroxylation is 1.